The van der Waals surface area contributed by atoms with Crippen LogP contribution in [-0.2, 0) is 32.7 Å². The van der Waals surface area contributed by atoms with Gasteiger partial charge in [-0.05, 0) is 89.9 Å². The summed E-state index contributed by atoms with van der Waals surface area (Å²) in [6, 6.07) is 0. The maximum absolute atomic E-state index is 12.6. The monoisotopic (exact) mass is 764 g/mol. The molecule has 0 fully saturated rings. The molecule has 0 spiro atoms. The van der Waals surface area contributed by atoms with Gasteiger partial charge in [0.25, 0.3) is 0 Å². The van der Waals surface area contributed by atoms with Crippen LogP contribution in [0, 0.1) is 0 Å². The number of hydrogen-bond acceptors (Lipinski definition) is 8. The van der Waals surface area contributed by atoms with Crippen LogP contribution >= 0.6 is 7.82 Å². The smallest absolute Gasteiger partial charge is 0.462 e. The minimum Gasteiger partial charge on any atom is -0.462 e. The highest BCUT2D eigenvalue weighted by molar-refractivity contribution is 7.47. The van der Waals surface area contributed by atoms with Crippen molar-refractivity contribution in [2.24, 2.45) is 5.73 Å². The molecular weight excluding hydrogens is 689 g/mol. The molecule has 10 heteroatoms. The van der Waals surface area contributed by atoms with Crippen molar-refractivity contribution >= 4 is 19.8 Å². The lowest BCUT2D eigenvalue weighted by molar-refractivity contribution is -0.161. The number of rotatable bonds is 37. The van der Waals surface area contributed by atoms with E-state index in [1.165, 1.54) is 44.9 Å². The van der Waals surface area contributed by atoms with Gasteiger partial charge in [0, 0.05) is 19.4 Å². The third-order valence-electron chi connectivity index (χ3n) is 8.06. The molecule has 0 heterocycles. The van der Waals surface area contributed by atoms with Crippen LogP contribution < -0.4 is 5.73 Å². The van der Waals surface area contributed by atoms with E-state index in [2.05, 4.69) is 86.8 Å². The molecule has 2 atom stereocenters. The Morgan fingerprint density at radius 1 is 0.566 bits per heavy atom. The lowest BCUT2D eigenvalue weighted by Crippen LogP contribution is -2.29. The Labute approximate surface area is 322 Å². The Morgan fingerprint density at radius 3 is 1.47 bits per heavy atom. The van der Waals surface area contributed by atoms with Crippen LogP contribution in [0.2, 0.25) is 0 Å². The first-order valence-electron chi connectivity index (χ1n) is 20.4. The zero-order chi connectivity index (χ0) is 38.9. The first-order chi connectivity index (χ1) is 25.8. The van der Waals surface area contributed by atoms with E-state index in [9.17, 15) is 19.0 Å². The summed E-state index contributed by atoms with van der Waals surface area (Å²) in [5.74, 6) is -0.907. The molecule has 0 aromatic heterocycles. The van der Waals surface area contributed by atoms with Crippen LogP contribution in [0.15, 0.2) is 72.9 Å². The number of unbranched alkanes of at least 4 members (excludes halogenated alkanes) is 12. The van der Waals surface area contributed by atoms with Crippen molar-refractivity contribution in [3.05, 3.63) is 72.9 Å². The SMILES string of the molecule is CCCCC/C=C\C/C=C\C/C=C\CCCCCCC(=O)O[C@H](COC(=O)CCCC/C=C\C/C=C\C/C=C\CCCCC)COP(=O)(O)OCCN. The Morgan fingerprint density at radius 2 is 0.981 bits per heavy atom. The lowest BCUT2D eigenvalue weighted by Gasteiger charge is -2.19. The number of esters is 2. The summed E-state index contributed by atoms with van der Waals surface area (Å²) < 4.78 is 32.7. The first-order valence-corrected chi connectivity index (χ1v) is 21.9. The fourth-order valence-corrected chi connectivity index (χ4v) is 5.76. The minimum absolute atomic E-state index is 0.0406. The molecule has 1 unspecified atom stereocenters. The summed E-state index contributed by atoms with van der Waals surface area (Å²) in [7, 11) is -4.39. The number of phosphoric acid groups is 1. The molecule has 0 aliphatic rings. The van der Waals surface area contributed by atoms with Gasteiger partial charge in [-0.1, -0.05) is 125 Å². The first kappa shape index (κ1) is 50.5. The van der Waals surface area contributed by atoms with Crippen LogP contribution in [0.1, 0.15) is 155 Å². The maximum atomic E-state index is 12.6. The van der Waals surface area contributed by atoms with E-state index in [-0.39, 0.29) is 32.6 Å². The molecule has 0 saturated heterocycles. The highest BCUT2D eigenvalue weighted by atomic mass is 31.2. The molecule has 0 rings (SSSR count). The van der Waals surface area contributed by atoms with E-state index in [0.29, 0.717) is 12.8 Å². The van der Waals surface area contributed by atoms with E-state index in [1.807, 2.05) is 0 Å². The van der Waals surface area contributed by atoms with E-state index in [0.717, 1.165) is 70.6 Å². The van der Waals surface area contributed by atoms with Crippen molar-refractivity contribution < 1.29 is 37.6 Å². The normalized spacial score (nSPS) is 14.1. The average molecular weight is 764 g/mol. The topological polar surface area (TPSA) is 134 Å². The molecule has 0 radical (unpaired) electrons. The predicted molar refractivity (Wildman–Crippen MR) is 219 cm³/mol. The van der Waals surface area contributed by atoms with Crippen LogP contribution in [-0.4, -0.2) is 49.3 Å². The zero-order valence-electron chi connectivity index (χ0n) is 33.2. The number of carbonyl (C=O) groups is 2. The molecule has 0 saturated carbocycles. The van der Waals surface area contributed by atoms with Crippen LogP contribution in [0.4, 0.5) is 0 Å². The van der Waals surface area contributed by atoms with Gasteiger partial charge in [-0.15, -0.1) is 0 Å². The molecular formula is C43H74NO8P. The van der Waals surface area contributed by atoms with E-state index in [4.69, 9.17) is 24.3 Å². The van der Waals surface area contributed by atoms with Crippen molar-refractivity contribution in [1.82, 2.24) is 0 Å². The molecule has 0 bridgehead atoms. The van der Waals surface area contributed by atoms with Crippen LogP contribution in [0.25, 0.3) is 0 Å². The van der Waals surface area contributed by atoms with Crippen LogP contribution in [0.3, 0.4) is 0 Å². The minimum atomic E-state index is -4.39. The Kier molecular flexibility index (Phi) is 37.3. The van der Waals surface area contributed by atoms with Gasteiger partial charge in [-0.25, -0.2) is 4.57 Å². The third kappa shape index (κ3) is 39.0. The van der Waals surface area contributed by atoms with Gasteiger partial charge in [0.05, 0.1) is 13.2 Å². The molecule has 0 aliphatic heterocycles. The lowest BCUT2D eigenvalue weighted by atomic mass is 10.1. The summed E-state index contributed by atoms with van der Waals surface area (Å²) in [4.78, 5) is 34.8. The Hall–Kier alpha value is -2.55. The molecule has 0 amide bonds. The second-order valence-corrected chi connectivity index (χ2v) is 14.6. The number of carbonyl (C=O) groups excluding carboxylic acids is 2. The van der Waals surface area contributed by atoms with Gasteiger partial charge in [0.1, 0.15) is 6.61 Å². The quantitative estimate of drug-likeness (QED) is 0.0274. The predicted octanol–water partition coefficient (Wildman–Crippen LogP) is 11.5. The van der Waals surface area contributed by atoms with E-state index < -0.39 is 32.5 Å². The van der Waals surface area contributed by atoms with Crippen molar-refractivity contribution in [3.8, 4) is 0 Å². The average Bonchev–Trinajstić information content (AvgIpc) is 3.14. The van der Waals surface area contributed by atoms with Crippen LogP contribution in [0.5, 0.6) is 0 Å². The second kappa shape index (κ2) is 39.2. The van der Waals surface area contributed by atoms with E-state index >= 15 is 0 Å². The fourth-order valence-electron chi connectivity index (χ4n) is 5.00. The highest BCUT2D eigenvalue weighted by Gasteiger charge is 2.25. The summed E-state index contributed by atoms with van der Waals surface area (Å²) in [5.41, 5.74) is 5.33. The molecule has 3 N–H and O–H groups in total. The van der Waals surface area contributed by atoms with Crippen molar-refractivity contribution in [2.45, 2.75) is 161 Å². The molecule has 304 valence electrons. The van der Waals surface area contributed by atoms with Gasteiger partial charge in [-0.3, -0.25) is 18.6 Å². The van der Waals surface area contributed by atoms with Gasteiger partial charge in [-0.2, -0.15) is 0 Å². The van der Waals surface area contributed by atoms with Crippen molar-refractivity contribution in [3.63, 3.8) is 0 Å². The number of hydrogen-bond donors (Lipinski definition) is 2. The second-order valence-electron chi connectivity index (χ2n) is 13.1. The molecule has 0 aromatic carbocycles. The Bertz CT molecular complexity index is 1100. The van der Waals surface area contributed by atoms with Gasteiger partial charge in [0.15, 0.2) is 6.10 Å². The van der Waals surface area contributed by atoms with Gasteiger partial charge >= 0.3 is 19.8 Å². The fraction of sp³-hybridized carbons (Fsp3) is 0.674. The van der Waals surface area contributed by atoms with Crippen molar-refractivity contribution in [2.75, 3.05) is 26.4 Å². The third-order valence-corrected chi connectivity index (χ3v) is 9.05. The summed E-state index contributed by atoms with van der Waals surface area (Å²) >= 11 is 0. The largest absolute Gasteiger partial charge is 0.472 e. The molecule has 0 aromatic rings. The molecule has 53 heavy (non-hydrogen) atoms. The van der Waals surface area contributed by atoms with Gasteiger partial charge < -0.3 is 20.1 Å². The van der Waals surface area contributed by atoms with E-state index in [1.54, 1.807) is 0 Å². The standard InChI is InChI=1S/C43H74NO8P/c1-3-5-7-9-11-13-15-17-19-20-22-24-26-28-30-32-34-36-43(46)52-41(40-51-53(47,48)50-38-37-44)39-49-42(45)35-33-31-29-27-25-23-21-18-16-14-12-10-8-6-4-2/h11-14,17-19,21-22,24-25,27,41H,3-10,15-16,20,23,26,28-40,44H2,1-2H3,(H,47,48)/b13-11-,14-12-,19-17-,21-18-,24-22-,27-25-/t41-/m1/s1. The van der Waals surface area contributed by atoms with Crippen molar-refractivity contribution in [1.29, 1.82) is 0 Å². The zero-order valence-corrected chi connectivity index (χ0v) is 34.1. The molecule has 0 aliphatic carbocycles. The number of nitrogens with two attached hydrogens (primary N) is 1. The number of phosphoric ester groups is 1. The highest BCUT2D eigenvalue weighted by Crippen LogP contribution is 2.43. The summed E-state index contributed by atoms with van der Waals surface area (Å²) in [6.07, 6.45) is 46.4. The Balaban J connectivity index is 4.32. The number of ether oxygens (including phenoxy) is 2. The maximum Gasteiger partial charge on any atom is 0.472 e. The summed E-state index contributed by atoms with van der Waals surface area (Å²) in [5, 5.41) is 0. The van der Waals surface area contributed by atoms with Gasteiger partial charge in [0.2, 0.25) is 0 Å². The summed E-state index contributed by atoms with van der Waals surface area (Å²) in [6.45, 7) is 3.58. The molecule has 9 nitrogen and oxygen atoms in total. The number of allylic oxidation sites excluding steroid dienone is 12.